The minimum absolute atomic E-state index is 0.0207. The summed E-state index contributed by atoms with van der Waals surface area (Å²) in [7, 11) is 0. The first kappa shape index (κ1) is 24.2. The van der Waals surface area contributed by atoms with Gasteiger partial charge in [0.2, 0.25) is 11.6 Å². The molecule has 0 bridgehead atoms. The fourth-order valence-corrected chi connectivity index (χ4v) is 3.32. The lowest BCUT2D eigenvalue weighted by Gasteiger charge is -2.30. The molecule has 4 nitrogen and oxygen atoms in total. The number of alkyl halides is 2. The quantitative estimate of drug-likeness (QED) is 0.434. The molecule has 0 N–H and O–H groups in total. The van der Waals surface area contributed by atoms with E-state index in [-0.39, 0.29) is 31.3 Å². The van der Waals surface area contributed by atoms with Gasteiger partial charge in [-0.25, -0.2) is 8.78 Å². The number of hydrogen-bond donors (Lipinski definition) is 0. The minimum atomic E-state index is -4.50. The summed E-state index contributed by atoms with van der Waals surface area (Å²) in [6.07, 6.45) is -3.96. The molecule has 1 aliphatic heterocycles. The predicted molar refractivity (Wildman–Crippen MR) is 101 cm³/mol. The lowest BCUT2D eigenvalue weighted by molar-refractivity contribution is -0.207. The van der Waals surface area contributed by atoms with Gasteiger partial charge in [0.15, 0.2) is 29.4 Å². The molecule has 2 aromatic rings. The van der Waals surface area contributed by atoms with Crippen molar-refractivity contribution >= 4 is 0 Å². The Morgan fingerprint density at radius 2 is 1.50 bits per heavy atom. The molecule has 0 aliphatic carbocycles. The van der Waals surface area contributed by atoms with Crippen LogP contribution >= 0.6 is 0 Å². The van der Waals surface area contributed by atoms with E-state index in [1.54, 1.807) is 0 Å². The summed E-state index contributed by atoms with van der Waals surface area (Å²) >= 11 is 0. The van der Waals surface area contributed by atoms with E-state index in [1.807, 2.05) is 6.92 Å². The molecule has 0 radical (unpaired) electrons. The average molecular weight is 464 g/mol. The fourth-order valence-electron chi connectivity index (χ4n) is 3.32. The third-order valence-corrected chi connectivity index (χ3v) is 4.89. The Labute approximate surface area is 181 Å². The van der Waals surface area contributed by atoms with Crippen LogP contribution in [-0.4, -0.2) is 19.8 Å². The van der Waals surface area contributed by atoms with Crippen molar-refractivity contribution in [2.75, 3.05) is 19.8 Å². The van der Waals surface area contributed by atoms with E-state index < -0.39 is 52.7 Å². The largest absolute Gasteiger partial charge is 0.491 e. The molecular weight excluding hydrogens is 442 g/mol. The molecule has 32 heavy (non-hydrogen) atoms. The molecule has 2 aromatic carbocycles. The standard InChI is InChI=1S/C22H22F6O4/c1-3-5-12-10-30-21(31-11-12)13-6-8-16(20(26)17(13)23)32-22(27,28)14-7-9-15(29-4-2)19(25)18(14)24/h6-9,12,21H,3-5,10-11H2,1-2H3. The Morgan fingerprint density at radius 1 is 0.875 bits per heavy atom. The summed E-state index contributed by atoms with van der Waals surface area (Å²) in [5.41, 5.74) is -1.82. The van der Waals surface area contributed by atoms with Gasteiger partial charge in [-0.05, 0) is 37.6 Å². The lowest BCUT2D eigenvalue weighted by atomic mass is 10.0. The highest BCUT2D eigenvalue weighted by molar-refractivity contribution is 5.35. The normalized spacial score (nSPS) is 19.1. The van der Waals surface area contributed by atoms with Crippen LogP contribution in [0.5, 0.6) is 11.5 Å². The van der Waals surface area contributed by atoms with Gasteiger partial charge >= 0.3 is 6.11 Å². The summed E-state index contributed by atoms with van der Waals surface area (Å²) in [4.78, 5) is 0. The second-order valence-corrected chi connectivity index (χ2v) is 7.23. The number of hydrogen-bond acceptors (Lipinski definition) is 4. The molecule has 1 fully saturated rings. The van der Waals surface area contributed by atoms with Crippen LogP contribution < -0.4 is 9.47 Å². The van der Waals surface area contributed by atoms with Gasteiger partial charge in [0, 0.05) is 11.5 Å². The maximum atomic E-state index is 14.5. The van der Waals surface area contributed by atoms with Crippen LogP contribution in [0.4, 0.5) is 26.3 Å². The first-order valence-electron chi connectivity index (χ1n) is 10.1. The molecule has 3 rings (SSSR count). The third-order valence-electron chi connectivity index (χ3n) is 4.89. The van der Waals surface area contributed by atoms with Crippen molar-refractivity contribution in [1.29, 1.82) is 0 Å². The van der Waals surface area contributed by atoms with Crippen LogP contribution in [0.2, 0.25) is 0 Å². The van der Waals surface area contributed by atoms with Crippen LogP contribution in [-0.2, 0) is 15.6 Å². The minimum Gasteiger partial charge on any atom is -0.491 e. The zero-order valence-corrected chi connectivity index (χ0v) is 17.4. The Kier molecular flexibility index (Phi) is 7.55. The van der Waals surface area contributed by atoms with Crippen molar-refractivity contribution in [3.8, 4) is 11.5 Å². The van der Waals surface area contributed by atoms with Crippen LogP contribution in [0.25, 0.3) is 0 Å². The molecule has 1 aliphatic rings. The first-order chi connectivity index (χ1) is 15.2. The molecule has 0 spiro atoms. The molecule has 0 saturated carbocycles. The lowest BCUT2D eigenvalue weighted by Crippen LogP contribution is -2.28. The van der Waals surface area contributed by atoms with Crippen LogP contribution in [0, 0.1) is 29.2 Å². The molecule has 0 atom stereocenters. The van der Waals surface area contributed by atoms with Crippen LogP contribution in [0.3, 0.4) is 0 Å². The van der Waals surface area contributed by atoms with Gasteiger partial charge in [0.25, 0.3) is 0 Å². The zero-order chi connectivity index (χ0) is 23.5. The predicted octanol–water partition coefficient (Wildman–Crippen LogP) is 6.23. The van der Waals surface area contributed by atoms with Crippen LogP contribution in [0.15, 0.2) is 24.3 Å². The summed E-state index contributed by atoms with van der Waals surface area (Å²) < 4.78 is 106. The highest BCUT2D eigenvalue weighted by atomic mass is 19.3. The molecule has 176 valence electrons. The Morgan fingerprint density at radius 3 is 2.12 bits per heavy atom. The molecule has 10 heteroatoms. The molecule has 0 aromatic heterocycles. The summed E-state index contributed by atoms with van der Waals surface area (Å²) in [5.74, 6) is -8.46. The van der Waals surface area contributed by atoms with E-state index in [9.17, 15) is 26.3 Å². The monoisotopic (exact) mass is 464 g/mol. The van der Waals surface area contributed by atoms with E-state index in [1.165, 1.54) is 6.92 Å². The Hall–Kier alpha value is -2.46. The molecule has 1 heterocycles. The van der Waals surface area contributed by atoms with Gasteiger partial charge in [0.05, 0.1) is 19.8 Å². The average Bonchev–Trinajstić information content (AvgIpc) is 2.76. The van der Waals surface area contributed by atoms with Gasteiger partial charge in [-0.15, -0.1) is 0 Å². The second kappa shape index (κ2) is 9.99. The van der Waals surface area contributed by atoms with Crippen molar-refractivity contribution in [2.24, 2.45) is 5.92 Å². The summed E-state index contributed by atoms with van der Waals surface area (Å²) in [5, 5.41) is 0. The smallest absolute Gasteiger partial charge is 0.429 e. The molecule has 0 amide bonds. The van der Waals surface area contributed by atoms with Crippen LogP contribution in [0.1, 0.15) is 44.1 Å². The summed E-state index contributed by atoms with van der Waals surface area (Å²) in [6.45, 7) is 4.02. The highest BCUT2D eigenvalue weighted by Gasteiger charge is 2.41. The van der Waals surface area contributed by atoms with Gasteiger partial charge in [-0.2, -0.15) is 17.6 Å². The maximum Gasteiger partial charge on any atom is 0.429 e. The summed E-state index contributed by atoms with van der Waals surface area (Å²) in [6, 6.07) is 3.06. The van der Waals surface area contributed by atoms with E-state index in [4.69, 9.17) is 14.2 Å². The zero-order valence-electron chi connectivity index (χ0n) is 17.4. The number of benzene rings is 2. The molecular formula is C22H22F6O4. The van der Waals surface area contributed by atoms with E-state index >= 15 is 0 Å². The Balaban J connectivity index is 1.81. The van der Waals surface area contributed by atoms with E-state index in [0.29, 0.717) is 6.07 Å². The maximum absolute atomic E-state index is 14.5. The highest BCUT2D eigenvalue weighted by Crippen LogP contribution is 2.39. The van der Waals surface area contributed by atoms with Crippen molar-refractivity contribution in [3.63, 3.8) is 0 Å². The number of ether oxygens (including phenoxy) is 4. The SMILES string of the molecule is CCCC1COC(c2ccc(OC(F)(F)c3ccc(OCC)c(F)c3F)c(F)c2F)OC1. The van der Waals surface area contributed by atoms with E-state index in [2.05, 4.69) is 4.74 Å². The van der Waals surface area contributed by atoms with Gasteiger partial charge < -0.3 is 18.9 Å². The van der Waals surface area contributed by atoms with Crippen molar-refractivity contribution < 1.29 is 45.3 Å². The van der Waals surface area contributed by atoms with Crippen molar-refractivity contribution in [1.82, 2.24) is 0 Å². The van der Waals surface area contributed by atoms with Crippen molar-refractivity contribution in [3.05, 3.63) is 58.7 Å². The Bertz CT molecular complexity index is 945. The van der Waals surface area contributed by atoms with E-state index in [0.717, 1.165) is 31.0 Å². The topological polar surface area (TPSA) is 36.9 Å². The first-order valence-corrected chi connectivity index (χ1v) is 10.1. The number of rotatable bonds is 8. The van der Waals surface area contributed by atoms with Gasteiger partial charge in [-0.3, -0.25) is 0 Å². The molecule has 0 unspecified atom stereocenters. The van der Waals surface area contributed by atoms with Gasteiger partial charge in [0.1, 0.15) is 5.56 Å². The number of halogens is 6. The molecule has 1 saturated heterocycles. The van der Waals surface area contributed by atoms with Gasteiger partial charge in [-0.1, -0.05) is 13.3 Å². The second-order valence-electron chi connectivity index (χ2n) is 7.23. The fraction of sp³-hybridized carbons (Fsp3) is 0.455. The van der Waals surface area contributed by atoms with Crippen molar-refractivity contribution in [2.45, 2.75) is 39.1 Å². The third kappa shape index (κ3) is 4.96.